The number of hydrogen-bond acceptors (Lipinski definition) is 9. The van der Waals surface area contributed by atoms with E-state index in [9.17, 15) is 24.0 Å². The van der Waals surface area contributed by atoms with Crippen LogP contribution in [0.2, 0.25) is 0 Å². The van der Waals surface area contributed by atoms with Gasteiger partial charge < -0.3 is 35.9 Å². The molecule has 232 valence electrons. The predicted molar refractivity (Wildman–Crippen MR) is 161 cm³/mol. The molecule has 2 aromatic carbocycles. The molecule has 2 rings (SSSR count). The third-order valence-corrected chi connectivity index (χ3v) is 5.07. The van der Waals surface area contributed by atoms with Gasteiger partial charge >= 0.3 is 18.0 Å². The second-order valence-electron chi connectivity index (χ2n) is 10.0. The number of nitrogens with two attached hydrogens (primary N) is 1. The monoisotopic (exact) mass is 608 g/mol. The second kappa shape index (κ2) is 18.3. The van der Waals surface area contributed by atoms with Gasteiger partial charge in [0.1, 0.15) is 17.7 Å². The summed E-state index contributed by atoms with van der Waals surface area (Å²) < 4.78 is 14.4. The molecule has 2 atom stereocenters. The Kier molecular flexibility index (Phi) is 16.5. The van der Waals surface area contributed by atoms with Crippen molar-refractivity contribution in [3.8, 4) is 0 Å². The SMILES string of the molecule is COC(=O)[C@@H](Cc1cccc(NC(C)=O)c1)NC(=O)OC(C)(C)C.COC(=O)[C@H](N)Cc1cccc(NC(C)=O)c1.Cl. The van der Waals surface area contributed by atoms with Crippen LogP contribution in [-0.2, 0) is 46.2 Å². The number of hydrogen-bond donors (Lipinski definition) is 4. The molecule has 5 N–H and O–H groups in total. The lowest BCUT2D eigenvalue weighted by Gasteiger charge is -2.22. The molecule has 0 aromatic heterocycles. The van der Waals surface area contributed by atoms with E-state index in [2.05, 4.69) is 20.7 Å². The van der Waals surface area contributed by atoms with Crippen LogP contribution < -0.4 is 21.7 Å². The largest absolute Gasteiger partial charge is 0.468 e. The van der Waals surface area contributed by atoms with E-state index >= 15 is 0 Å². The average molecular weight is 609 g/mol. The van der Waals surface area contributed by atoms with E-state index in [4.69, 9.17) is 15.2 Å². The van der Waals surface area contributed by atoms with Crippen molar-refractivity contribution in [3.63, 3.8) is 0 Å². The first-order valence-corrected chi connectivity index (χ1v) is 12.8. The maximum atomic E-state index is 11.9. The zero-order valence-corrected chi connectivity index (χ0v) is 25.8. The molecule has 13 heteroatoms. The molecule has 3 amide bonds. The molecule has 0 saturated carbocycles. The maximum Gasteiger partial charge on any atom is 0.408 e. The van der Waals surface area contributed by atoms with E-state index in [1.54, 1.807) is 63.2 Å². The normalized spacial score (nSPS) is 11.6. The lowest BCUT2D eigenvalue weighted by Crippen LogP contribution is -2.45. The molecule has 0 heterocycles. The van der Waals surface area contributed by atoms with Gasteiger partial charge in [-0.05, 0) is 62.6 Å². The third-order valence-electron chi connectivity index (χ3n) is 5.07. The summed E-state index contributed by atoms with van der Waals surface area (Å²) in [4.78, 5) is 57.0. The number of amides is 3. The number of benzene rings is 2. The number of carbonyl (C=O) groups is 5. The van der Waals surface area contributed by atoms with E-state index in [-0.39, 0.29) is 30.6 Å². The van der Waals surface area contributed by atoms with E-state index in [1.165, 1.54) is 28.1 Å². The molecule has 0 fully saturated rings. The number of esters is 2. The topological polar surface area (TPSA) is 175 Å². The van der Waals surface area contributed by atoms with Gasteiger partial charge in [0.2, 0.25) is 11.8 Å². The maximum absolute atomic E-state index is 11.9. The summed E-state index contributed by atoms with van der Waals surface area (Å²) in [6.07, 6.45) is -0.115. The molecular formula is C29H41ClN4O8. The predicted octanol–water partition coefficient (Wildman–Crippen LogP) is 3.36. The highest BCUT2D eigenvalue weighted by Gasteiger charge is 2.25. The Hall–Kier alpha value is -4.16. The van der Waals surface area contributed by atoms with Gasteiger partial charge in [-0.25, -0.2) is 9.59 Å². The summed E-state index contributed by atoms with van der Waals surface area (Å²) >= 11 is 0. The minimum absolute atomic E-state index is 0. The van der Waals surface area contributed by atoms with E-state index in [0.29, 0.717) is 17.8 Å². The fraction of sp³-hybridized carbons (Fsp3) is 0.414. The molecule has 0 aliphatic carbocycles. The average Bonchev–Trinajstić information content (AvgIpc) is 2.86. The zero-order valence-electron chi connectivity index (χ0n) is 24.9. The molecule has 0 spiro atoms. The first kappa shape index (κ1) is 37.8. The fourth-order valence-electron chi connectivity index (χ4n) is 3.47. The minimum atomic E-state index is -0.891. The number of anilines is 2. The van der Waals surface area contributed by atoms with Crippen LogP contribution in [0.15, 0.2) is 48.5 Å². The van der Waals surface area contributed by atoms with Gasteiger partial charge in [-0.15, -0.1) is 12.4 Å². The highest BCUT2D eigenvalue weighted by Crippen LogP contribution is 2.14. The first-order valence-electron chi connectivity index (χ1n) is 12.8. The summed E-state index contributed by atoms with van der Waals surface area (Å²) in [6, 6.07) is 12.6. The summed E-state index contributed by atoms with van der Waals surface area (Å²) in [5, 5.41) is 7.84. The Morgan fingerprint density at radius 2 is 1.24 bits per heavy atom. The summed E-state index contributed by atoms with van der Waals surface area (Å²) in [7, 11) is 2.55. The third kappa shape index (κ3) is 15.6. The van der Waals surface area contributed by atoms with Crippen LogP contribution in [0.5, 0.6) is 0 Å². The highest BCUT2D eigenvalue weighted by atomic mass is 35.5. The van der Waals surface area contributed by atoms with Gasteiger partial charge in [-0.2, -0.15) is 0 Å². The van der Waals surface area contributed by atoms with Crippen molar-refractivity contribution in [2.75, 3.05) is 24.9 Å². The number of nitrogens with one attached hydrogen (secondary N) is 3. The Balaban J connectivity index is 0.000000825. The lowest BCUT2D eigenvalue weighted by atomic mass is 10.1. The zero-order chi connectivity index (χ0) is 31.2. The van der Waals surface area contributed by atoms with Crippen molar-refractivity contribution in [1.29, 1.82) is 0 Å². The van der Waals surface area contributed by atoms with Gasteiger partial charge in [-0.1, -0.05) is 24.3 Å². The van der Waals surface area contributed by atoms with Crippen LogP contribution in [0.1, 0.15) is 45.7 Å². The Morgan fingerprint density at radius 1 is 0.786 bits per heavy atom. The van der Waals surface area contributed by atoms with E-state index < -0.39 is 35.7 Å². The summed E-state index contributed by atoms with van der Waals surface area (Å²) in [5.74, 6) is -1.36. The molecule has 0 unspecified atom stereocenters. The molecule has 0 aliphatic heterocycles. The molecule has 42 heavy (non-hydrogen) atoms. The van der Waals surface area contributed by atoms with Gasteiger partial charge in [-0.3, -0.25) is 14.4 Å². The molecule has 0 bridgehead atoms. The molecule has 2 aromatic rings. The molecular weight excluding hydrogens is 568 g/mol. The number of alkyl carbamates (subject to hydrolysis) is 1. The van der Waals surface area contributed by atoms with Crippen molar-refractivity contribution in [2.24, 2.45) is 5.73 Å². The highest BCUT2D eigenvalue weighted by molar-refractivity contribution is 5.89. The molecule has 0 saturated heterocycles. The van der Waals surface area contributed by atoms with Crippen LogP contribution in [-0.4, -0.2) is 61.8 Å². The number of carbonyl (C=O) groups excluding carboxylic acids is 5. The quantitative estimate of drug-likeness (QED) is 0.246. The number of rotatable bonds is 9. The van der Waals surface area contributed by atoms with E-state index in [0.717, 1.165) is 11.1 Å². The Labute approximate surface area is 252 Å². The van der Waals surface area contributed by atoms with Gasteiger partial charge in [0.05, 0.1) is 14.2 Å². The van der Waals surface area contributed by atoms with Gasteiger partial charge in [0, 0.05) is 31.6 Å². The minimum Gasteiger partial charge on any atom is -0.468 e. The van der Waals surface area contributed by atoms with Gasteiger partial charge in [0.15, 0.2) is 0 Å². The first-order chi connectivity index (χ1) is 19.1. The Morgan fingerprint density at radius 3 is 1.64 bits per heavy atom. The van der Waals surface area contributed by atoms with Gasteiger partial charge in [0.25, 0.3) is 0 Å². The van der Waals surface area contributed by atoms with Crippen LogP contribution in [0.25, 0.3) is 0 Å². The van der Waals surface area contributed by atoms with E-state index in [1.807, 2.05) is 6.07 Å². The standard InChI is InChI=1S/C17H24N2O5.C12H16N2O3.ClH/c1-11(20)18-13-8-6-7-12(9-13)10-14(15(21)23-5)19-16(22)24-17(2,3)4;1-8(15)14-10-5-3-4-9(6-10)7-11(13)12(16)17-2;/h6-9,14H,10H2,1-5H3,(H,18,20)(H,19,22);3-6,11H,7,13H2,1-2H3,(H,14,15);1H/t14-;11-;/m11./s1. The smallest absolute Gasteiger partial charge is 0.408 e. The summed E-state index contributed by atoms with van der Waals surface area (Å²) in [6.45, 7) is 8.05. The second-order valence-corrected chi connectivity index (χ2v) is 10.0. The number of ether oxygens (including phenoxy) is 3. The number of methoxy groups -OCH3 is 2. The number of halogens is 1. The van der Waals surface area contributed by atoms with Crippen LogP contribution >= 0.6 is 12.4 Å². The van der Waals surface area contributed by atoms with Crippen molar-refractivity contribution < 1.29 is 38.2 Å². The Bertz CT molecular complexity index is 1220. The molecule has 0 radical (unpaired) electrons. The van der Waals surface area contributed by atoms with Crippen molar-refractivity contribution in [3.05, 3.63) is 59.7 Å². The molecule has 0 aliphatic rings. The summed E-state index contributed by atoms with van der Waals surface area (Å²) in [5.41, 5.74) is 7.90. The van der Waals surface area contributed by atoms with Crippen LogP contribution in [0.4, 0.5) is 16.2 Å². The van der Waals surface area contributed by atoms with Crippen molar-refractivity contribution >= 4 is 53.6 Å². The van der Waals surface area contributed by atoms with Crippen LogP contribution in [0.3, 0.4) is 0 Å². The lowest BCUT2D eigenvalue weighted by molar-refractivity contribution is -0.143. The fourth-order valence-corrected chi connectivity index (χ4v) is 3.47. The molecule has 12 nitrogen and oxygen atoms in total. The van der Waals surface area contributed by atoms with Crippen molar-refractivity contribution in [2.45, 2.75) is 65.1 Å². The van der Waals surface area contributed by atoms with Crippen molar-refractivity contribution in [1.82, 2.24) is 5.32 Å². The van der Waals surface area contributed by atoms with Crippen LogP contribution in [0, 0.1) is 0 Å².